The summed E-state index contributed by atoms with van der Waals surface area (Å²) in [7, 11) is 0. The molecular formula is C98H105N15O5. The number of aromatic amines is 2. The molecule has 602 valence electrons. The summed E-state index contributed by atoms with van der Waals surface area (Å²) < 4.78 is 0. The second-order valence-electron chi connectivity index (χ2n) is 29.0. The minimum atomic E-state index is 0.0831. The van der Waals surface area contributed by atoms with E-state index in [-0.39, 0.29) is 17.7 Å². The third-order valence-electron chi connectivity index (χ3n) is 21.9. The standard InChI is InChI=1S/C32H34N4O.C30H33N5O.C26H29N3O.C6H5NO.C4H4N2O/c1-3-36(4-2)32(37)28-12-10-25(11-13-28)30(29-9-5-7-27-8-6-18-34-31(27)29)26-16-21-35(22-17-26)23-24-14-19-33-20-15-24;1-3-35(4-2)30(36)25-12-10-22(11-13-25)28(27-9-5-7-24-8-6-16-32-29(24)27)23-14-17-34(18-15-23)20-26-19-31-21-33-26;1-3-29(4-2)26(30)22-12-10-19(11-13-22)24(20-14-17-27-18-15-20)23-9-5-7-21-8-6-16-28-25(21)23;8-5-6-1-3-7-4-2-6;7-2-4-1-5-3-6-4/h5-15,18-20H,3-4,16-17,21-23H2,1-2H3;5-13,16,19,21H,3-4,14-15,17-18,20H2,1-2H3,(H,31,33);5-13,16,27H,3-4,14-15,17-18H2,1-2H3;1-5H;1-3H,(H,5,6). The molecular weight excluding hydrogens is 1470 g/mol. The quantitative estimate of drug-likeness (QED) is 0.0567. The van der Waals surface area contributed by atoms with Gasteiger partial charge in [0.15, 0.2) is 6.29 Å². The lowest BCUT2D eigenvalue weighted by Gasteiger charge is -2.30. The summed E-state index contributed by atoms with van der Waals surface area (Å²) in [6.45, 7) is 24.2. The Labute approximate surface area is 692 Å². The molecule has 3 saturated heterocycles. The van der Waals surface area contributed by atoms with Gasteiger partial charge in [0, 0.05) is 189 Å². The van der Waals surface area contributed by atoms with E-state index >= 15 is 0 Å². The fourth-order valence-corrected chi connectivity index (χ4v) is 15.6. The van der Waals surface area contributed by atoms with Crippen LogP contribution in [0.1, 0.15) is 177 Å². The number of rotatable bonds is 21. The van der Waals surface area contributed by atoms with E-state index in [1.807, 2.05) is 148 Å². The predicted octanol–water partition coefficient (Wildman–Crippen LogP) is 17.8. The monoisotopic (exact) mass is 1570 g/mol. The van der Waals surface area contributed by atoms with Crippen LogP contribution in [0.3, 0.4) is 0 Å². The topological polar surface area (TPSA) is 235 Å². The van der Waals surface area contributed by atoms with Gasteiger partial charge >= 0.3 is 0 Å². The predicted molar refractivity (Wildman–Crippen MR) is 472 cm³/mol. The van der Waals surface area contributed by atoms with Crippen molar-refractivity contribution in [1.29, 1.82) is 0 Å². The molecule has 13 aromatic rings. The van der Waals surface area contributed by atoms with Gasteiger partial charge in [0.25, 0.3) is 17.7 Å². The molecule has 16 rings (SSSR count). The molecule has 118 heavy (non-hydrogen) atoms. The van der Waals surface area contributed by atoms with Crippen LogP contribution in [0.4, 0.5) is 0 Å². The van der Waals surface area contributed by atoms with Gasteiger partial charge in [-0.1, -0.05) is 126 Å². The number of nitrogens with zero attached hydrogens (tertiary/aromatic N) is 12. The van der Waals surface area contributed by atoms with Crippen molar-refractivity contribution in [1.82, 2.24) is 74.7 Å². The maximum Gasteiger partial charge on any atom is 0.253 e. The minimum Gasteiger partial charge on any atom is -0.347 e. The number of carbonyl (C=O) groups excluding carboxylic acids is 5. The number of benzene rings is 6. The molecule has 0 atom stereocenters. The Morgan fingerprint density at radius 2 is 0.712 bits per heavy atom. The molecule has 20 nitrogen and oxygen atoms in total. The Kier molecular flexibility index (Phi) is 30.9. The molecule has 3 amide bonds. The van der Waals surface area contributed by atoms with Gasteiger partial charge in [-0.3, -0.25) is 58.7 Å². The molecule has 10 heterocycles. The van der Waals surface area contributed by atoms with E-state index in [0.29, 0.717) is 43.7 Å². The maximum atomic E-state index is 12.9. The first-order valence-electron chi connectivity index (χ1n) is 41.1. The fraction of sp³-hybridized carbons (Fsp3) is 0.265. The Bertz CT molecular complexity index is 5490. The van der Waals surface area contributed by atoms with Crippen LogP contribution in [-0.2, 0) is 13.1 Å². The van der Waals surface area contributed by atoms with Crippen molar-refractivity contribution in [3.8, 4) is 0 Å². The molecule has 6 aromatic carbocycles. The van der Waals surface area contributed by atoms with Gasteiger partial charge in [-0.25, -0.2) is 9.97 Å². The van der Waals surface area contributed by atoms with Gasteiger partial charge in [-0.15, -0.1) is 0 Å². The number of aromatic nitrogens is 9. The molecule has 0 saturated carbocycles. The summed E-state index contributed by atoms with van der Waals surface area (Å²) >= 11 is 0. The van der Waals surface area contributed by atoms with E-state index in [4.69, 9.17) is 15.0 Å². The number of hydrogen-bond acceptors (Lipinski definition) is 15. The highest BCUT2D eigenvalue weighted by atomic mass is 16.2. The van der Waals surface area contributed by atoms with Crippen molar-refractivity contribution in [2.45, 2.75) is 93.2 Å². The SMILES string of the molecule is CCN(CC)C(=O)c1ccc(C(=C2CCN(Cc3ccncc3)CC2)c2cccc3cccnc23)cc1.CCN(CC)C(=O)c1ccc(C(=C2CCN(Cc3cnc[nH]3)CC2)c2cccc3cccnc23)cc1.CCN(CC)C(=O)c1ccc(C(=C2CCNCC2)c2cccc3cccnc23)cc1.O=Cc1ccncc1.O=Cc1cnc[nH]1. The molecule has 3 fully saturated rings. The number of para-hydroxylation sites is 3. The first kappa shape index (κ1) is 84.5. The first-order chi connectivity index (χ1) is 57.9. The zero-order chi connectivity index (χ0) is 82.4. The van der Waals surface area contributed by atoms with Gasteiger partial charge in [0.05, 0.1) is 41.1 Å². The Morgan fingerprint density at radius 1 is 0.364 bits per heavy atom. The van der Waals surface area contributed by atoms with Crippen LogP contribution in [0, 0.1) is 0 Å². The Balaban J connectivity index is 0.000000149. The van der Waals surface area contributed by atoms with E-state index in [9.17, 15) is 24.0 Å². The fourth-order valence-electron chi connectivity index (χ4n) is 15.6. The molecule has 20 heteroatoms. The van der Waals surface area contributed by atoms with Gasteiger partial charge in [-0.05, 0) is 211 Å². The van der Waals surface area contributed by atoms with Crippen LogP contribution in [0.25, 0.3) is 49.4 Å². The van der Waals surface area contributed by atoms with Crippen molar-refractivity contribution in [2.24, 2.45) is 0 Å². The Hall–Kier alpha value is -12.9. The summed E-state index contributed by atoms with van der Waals surface area (Å²) in [6, 6.07) is 63.6. The van der Waals surface area contributed by atoms with Gasteiger partial charge < -0.3 is 30.0 Å². The van der Waals surface area contributed by atoms with E-state index < -0.39 is 0 Å². The number of nitrogens with one attached hydrogen (secondary N) is 3. The van der Waals surface area contributed by atoms with E-state index in [1.54, 1.807) is 30.9 Å². The molecule has 0 unspecified atom stereocenters. The number of aldehydes is 2. The van der Waals surface area contributed by atoms with Gasteiger partial charge in [0.2, 0.25) is 0 Å². The molecule has 0 spiro atoms. The van der Waals surface area contributed by atoms with E-state index in [0.717, 1.165) is 188 Å². The number of likely N-dealkylation sites (tertiary alicyclic amines) is 2. The molecule has 7 aromatic heterocycles. The maximum absolute atomic E-state index is 12.9. The highest BCUT2D eigenvalue weighted by Crippen LogP contribution is 2.40. The van der Waals surface area contributed by atoms with Gasteiger partial charge in [-0.2, -0.15) is 0 Å². The van der Waals surface area contributed by atoms with Crippen molar-refractivity contribution in [2.75, 3.05) is 78.5 Å². The number of carbonyl (C=O) groups is 5. The van der Waals surface area contributed by atoms with Crippen LogP contribution in [-0.4, -0.2) is 178 Å². The summed E-state index contributed by atoms with van der Waals surface area (Å²) in [4.78, 5) is 105. The van der Waals surface area contributed by atoms with Crippen molar-refractivity contribution in [3.05, 3.63) is 346 Å². The lowest BCUT2D eigenvalue weighted by atomic mass is 9.87. The molecule has 0 radical (unpaired) electrons. The summed E-state index contributed by atoms with van der Waals surface area (Å²) in [5, 5.41) is 6.89. The van der Waals surface area contributed by atoms with Crippen LogP contribution >= 0.6 is 0 Å². The van der Waals surface area contributed by atoms with Crippen LogP contribution in [0.5, 0.6) is 0 Å². The number of amides is 3. The van der Waals surface area contributed by atoms with Crippen LogP contribution in [0.2, 0.25) is 0 Å². The average molecular weight is 1570 g/mol. The second-order valence-corrected chi connectivity index (χ2v) is 29.0. The summed E-state index contributed by atoms with van der Waals surface area (Å²) in [5.41, 5.74) is 24.0. The summed E-state index contributed by atoms with van der Waals surface area (Å²) in [6.07, 6.45) is 26.6. The number of imidazole rings is 2. The molecule has 0 bridgehead atoms. The van der Waals surface area contributed by atoms with E-state index in [1.165, 1.54) is 62.7 Å². The Morgan fingerprint density at radius 3 is 1.04 bits per heavy atom. The van der Waals surface area contributed by atoms with Crippen LogP contribution in [0.15, 0.2) is 273 Å². The van der Waals surface area contributed by atoms with Crippen molar-refractivity contribution in [3.63, 3.8) is 0 Å². The lowest BCUT2D eigenvalue weighted by molar-refractivity contribution is 0.0765. The molecule has 3 N–H and O–H groups in total. The largest absolute Gasteiger partial charge is 0.347 e. The third-order valence-corrected chi connectivity index (χ3v) is 21.9. The lowest BCUT2D eigenvalue weighted by Crippen LogP contribution is -2.31. The van der Waals surface area contributed by atoms with Gasteiger partial charge in [0.1, 0.15) is 6.29 Å². The summed E-state index contributed by atoms with van der Waals surface area (Å²) in [5.74, 6) is 0.260. The van der Waals surface area contributed by atoms with Crippen LogP contribution < -0.4 is 5.32 Å². The number of pyridine rings is 5. The third kappa shape index (κ3) is 21.8. The molecule has 0 aliphatic carbocycles. The van der Waals surface area contributed by atoms with Crippen molar-refractivity contribution >= 4 is 79.7 Å². The highest BCUT2D eigenvalue weighted by Gasteiger charge is 2.26. The number of piperidine rings is 3. The number of hydrogen-bond donors (Lipinski definition) is 3. The first-order valence-corrected chi connectivity index (χ1v) is 41.1. The normalized spacial score (nSPS) is 13.4. The molecule has 3 aliphatic heterocycles. The number of fused-ring (bicyclic) bond motifs is 3. The molecule has 3 aliphatic rings. The highest BCUT2D eigenvalue weighted by molar-refractivity contribution is 6.01. The zero-order valence-corrected chi connectivity index (χ0v) is 68.5. The average Bonchev–Trinajstić information content (AvgIpc) is 1.32. The van der Waals surface area contributed by atoms with Crippen molar-refractivity contribution < 1.29 is 24.0 Å². The smallest absolute Gasteiger partial charge is 0.253 e. The minimum absolute atomic E-state index is 0.0831. The number of H-pyrrole nitrogens is 2. The van der Waals surface area contributed by atoms with E-state index in [2.05, 4.69) is 166 Å². The zero-order valence-electron chi connectivity index (χ0n) is 68.5. The second kappa shape index (κ2) is 43.2.